The van der Waals surface area contributed by atoms with Gasteiger partial charge in [0.25, 0.3) is 0 Å². The number of urea groups is 1. The highest BCUT2D eigenvalue weighted by Gasteiger charge is 2.22. The molecule has 3 N–H and O–H groups in total. The van der Waals surface area contributed by atoms with Gasteiger partial charge in [0, 0.05) is 19.6 Å². The van der Waals surface area contributed by atoms with E-state index in [0.29, 0.717) is 24.8 Å². The van der Waals surface area contributed by atoms with Gasteiger partial charge in [-0.3, -0.25) is 4.79 Å². The van der Waals surface area contributed by atoms with Gasteiger partial charge in [-0.2, -0.15) is 0 Å². The number of carbonyl (C=O) groups is 2. The van der Waals surface area contributed by atoms with Crippen LogP contribution in [0.5, 0.6) is 0 Å². The third kappa shape index (κ3) is 7.90. The molecule has 5 nitrogen and oxygen atoms in total. The van der Waals surface area contributed by atoms with Gasteiger partial charge >= 0.3 is 6.03 Å². The van der Waals surface area contributed by atoms with Gasteiger partial charge in [0.1, 0.15) is 0 Å². The highest BCUT2D eigenvalue weighted by atomic mass is 16.2. The van der Waals surface area contributed by atoms with E-state index in [1.807, 2.05) is 48.5 Å². The predicted molar refractivity (Wildman–Crippen MR) is 120 cm³/mol. The van der Waals surface area contributed by atoms with E-state index in [1.165, 1.54) is 5.56 Å². The third-order valence-corrected chi connectivity index (χ3v) is 5.86. The highest BCUT2D eigenvalue weighted by Crippen LogP contribution is 2.27. The van der Waals surface area contributed by atoms with Crippen LogP contribution in [0.15, 0.2) is 60.7 Å². The van der Waals surface area contributed by atoms with Crippen molar-refractivity contribution in [3.05, 3.63) is 71.8 Å². The second kappa shape index (κ2) is 12.0. The van der Waals surface area contributed by atoms with Crippen LogP contribution in [-0.2, 0) is 17.6 Å². The standard InChI is InChI=1S/C25H33N3O2/c29-24(17-21-9-5-2-6-10-21)27-18-22-11-13-23(14-12-22)19-28-25(30)26-16-15-20-7-3-1-4-8-20/h1-10,22-23H,11-19H2,(H,27,29)(H2,26,28,30). The van der Waals surface area contributed by atoms with Crippen molar-refractivity contribution in [2.75, 3.05) is 19.6 Å². The normalized spacial score (nSPS) is 18.4. The Bertz CT molecular complexity index is 771. The molecule has 0 radical (unpaired) electrons. The molecule has 1 aliphatic carbocycles. The lowest BCUT2D eigenvalue weighted by molar-refractivity contribution is -0.120. The number of benzene rings is 2. The number of hydrogen-bond donors (Lipinski definition) is 3. The molecule has 1 aliphatic rings. The number of carbonyl (C=O) groups excluding carboxylic acids is 2. The largest absolute Gasteiger partial charge is 0.356 e. The maximum absolute atomic E-state index is 12.1. The van der Waals surface area contributed by atoms with Gasteiger partial charge in [0.05, 0.1) is 6.42 Å². The molecule has 0 saturated heterocycles. The van der Waals surface area contributed by atoms with Crippen LogP contribution in [0.1, 0.15) is 36.8 Å². The Morgan fingerprint density at radius 2 is 1.23 bits per heavy atom. The molecule has 1 saturated carbocycles. The average molecular weight is 408 g/mol. The van der Waals surface area contributed by atoms with E-state index in [4.69, 9.17) is 0 Å². The Kier molecular flexibility index (Phi) is 8.76. The van der Waals surface area contributed by atoms with Gasteiger partial charge in [-0.15, -0.1) is 0 Å². The van der Waals surface area contributed by atoms with Gasteiger partial charge in [0.2, 0.25) is 5.91 Å². The van der Waals surface area contributed by atoms with Gasteiger partial charge in [0.15, 0.2) is 0 Å². The molecule has 2 aromatic carbocycles. The predicted octanol–water partition coefficient (Wildman–Crippen LogP) is 3.69. The van der Waals surface area contributed by atoms with Crippen molar-refractivity contribution in [3.63, 3.8) is 0 Å². The molecule has 30 heavy (non-hydrogen) atoms. The van der Waals surface area contributed by atoms with Gasteiger partial charge in [-0.1, -0.05) is 60.7 Å². The molecule has 1 fully saturated rings. The molecule has 0 aliphatic heterocycles. The number of amides is 3. The summed E-state index contributed by atoms with van der Waals surface area (Å²) >= 11 is 0. The molecule has 0 spiro atoms. The monoisotopic (exact) mass is 407 g/mol. The molecule has 3 amide bonds. The number of nitrogens with one attached hydrogen (secondary N) is 3. The van der Waals surface area contributed by atoms with E-state index in [9.17, 15) is 9.59 Å². The molecule has 3 rings (SSSR count). The van der Waals surface area contributed by atoms with Crippen LogP contribution in [-0.4, -0.2) is 31.6 Å². The second-order valence-corrected chi connectivity index (χ2v) is 8.23. The summed E-state index contributed by atoms with van der Waals surface area (Å²) in [7, 11) is 0. The summed E-state index contributed by atoms with van der Waals surface area (Å²) in [4.78, 5) is 24.1. The van der Waals surface area contributed by atoms with Gasteiger partial charge in [-0.05, 0) is 55.1 Å². The molecule has 160 valence electrons. The Labute approximate surface area is 179 Å². The molecular weight excluding hydrogens is 374 g/mol. The molecule has 0 atom stereocenters. The van der Waals surface area contributed by atoms with E-state index in [1.54, 1.807) is 0 Å². The number of hydrogen-bond acceptors (Lipinski definition) is 2. The quantitative estimate of drug-likeness (QED) is 0.593. The minimum atomic E-state index is -0.0822. The SMILES string of the molecule is O=C(Cc1ccccc1)NCC1CCC(CNC(=O)NCCc2ccccc2)CC1. The first kappa shape index (κ1) is 21.9. The molecule has 0 unspecified atom stereocenters. The van der Waals surface area contributed by atoms with Crippen LogP contribution in [0.25, 0.3) is 0 Å². The van der Waals surface area contributed by atoms with Crippen LogP contribution in [0.4, 0.5) is 4.79 Å². The lowest BCUT2D eigenvalue weighted by Crippen LogP contribution is -2.40. The summed E-state index contributed by atoms with van der Waals surface area (Å²) in [6.45, 7) is 2.13. The minimum absolute atomic E-state index is 0.0822. The Morgan fingerprint density at radius 3 is 1.83 bits per heavy atom. The fourth-order valence-electron chi connectivity index (χ4n) is 4.01. The van der Waals surface area contributed by atoms with E-state index in [2.05, 4.69) is 28.1 Å². The molecular formula is C25H33N3O2. The van der Waals surface area contributed by atoms with E-state index < -0.39 is 0 Å². The first-order valence-corrected chi connectivity index (χ1v) is 11.1. The highest BCUT2D eigenvalue weighted by molar-refractivity contribution is 5.78. The zero-order valence-electron chi connectivity index (χ0n) is 17.6. The van der Waals surface area contributed by atoms with Crippen molar-refractivity contribution in [2.45, 2.75) is 38.5 Å². The lowest BCUT2D eigenvalue weighted by Gasteiger charge is -2.28. The summed E-state index contributed by atoms with van der Waals surface area (Å²) in [6.07, 6.45) is 5.70. The third-order valence-electron chi connectivity index (χ3n) is 5.86. The van der Waals surface area contributed by atoms with Crippen LogP contribution in [0.3, 0.4) is 0 Å². The summed E-state index contributed by atoms with van der Waals surface area (Å²) in [5, 5.41) is 9.03. The van der Waals surface area contributed by atoms with Crippen LogP contribution in [0, 0.1) is 11.8 Å². The van der Waals surface area contributed by atoms with Gasteiger partial charge in [-0.25, -0.2) is 4.79 Å². The minimum Gasteiger partial charge on any atom is -0.356 e. The van der Waals surface area contributed by atoms with Crippen molar-refractivity contribution in [2.24, 2.45) is 11.8 Å². The smallest absolute Gasteiger partial charge is 0.314 e. The second-order valence-electron chi connectivity index (χ2n) is 8.23. The summed E-state index contributed by atoms with van der Waals surface area (Å²) < 4.78 is 0. The number of rotatable bonds is 9. The first-order valence-electron chi connectivity index (χ1n) is 11.1. The van der Waals surface area contributed by atoms with Crippen LogP contribution in [0.2, 0.25) is 0 Å². The van der Waals surface area contributed by atoms with Crippen molar-refractivity contribution < 1.29 is 9.59 Å². The Balaban J connectivity index is 1.23. The maximum Gasteiger partial charge on any atom is 0.314 e. The summed E-state index contributed by atoms with van der Waals surface area (Å²) in [6, 6.07) is 19.9. The molecule has 0 aromatic heterocycles. The van der Waals surface area contributed by atoms with Crippen LogP contribution < -0.4 is 16.0 Å². The average Bonchev–Trinajstić information content (AvgIpc) is 2.78. The summed E-state index contributed by atoms with van der Waals surface area (Å²) in [5.74, 6) is 1.17. The van der Waals surface area contributed by atoms with Crippen LogP contribution >= 0.6 is 0 Å². The topological polar surface area (TPSA) is 70.2 Å². The molecule has 5 heteroatoms. The molecule has 2 aromatic rings. The molecule has 0 bridgehead atoms. The molecule has 0 heterocycles. The van der Waals surface area contributed by atoms with Crippen molar-refractivity contribution >= 4 is 11.9 Å². The van der Waals surface area contributed by atoms with E-state index in [-0.39, 0.29) is 11.9 Å². The lowest BCUT2D eigenvalue weighted by atomic mass is 9.82. The fraction of sp³-hybridized carbons (Fsp3) is 0.440. The maximum atomic E-state index is 12.1. The van der Waals surface area contributed by atoms with Crippen molar-refractivity contribution in [1.82, 2.24) is 16.0 Å². The van der Waals surface area contributed by atoms with E-state index >= 15 is 0 Å². The van der Waals surface area contributed by atoms with Crippen molar-refractivity contribution in [3.8, 4) is 0 Å². The fourth-order valence-corrected chi connectivity index (χ4v) is 4.01. The zero-order valence-corrected chi connectivity index (χ0v) is 17.6. The van der Waals surface area contributed by atoms with E-state index in [0.717, 1.165) is 50.8 Å². The first-order chi connectivity index (χ1) is 14.7. The zero-order chi connectivity index (χ0) is 21.0. The van der Waals surface area contributed by atoms with Crippen molar-refractivity contribution in [1.29, 1.82) is 0 Å². The van der Waals surface area contributed by atoms with Gasteiger partial charge < -0.3 is 16.0 Å². The Hall–Kier alpha value is -2.82. The Morgan fingerprint density at radius 1 is 0.700 bits per heavy atom. The summed E-state index contributed by atoms with van der Waals surface area (Å²) in [5.41, 5.74) is 2.28.